The summed E-state index contributed by atoms with van der Waals surface area (Å²) in [5, 5.41) is 0. The van der Waals surface area contributed by atoms with Gasteiger partial charge < -0.3 is 22.9 Å². The van der Waals surface area contributed by atoms with E-state index < -0.39 is 0 Å². The van der Waals surface area contributed by atoms with Crippen LogP contribution in [-0.4, -0.2) is 0 Å². The summed E-state index contributed by atoms with van der Waals surface area (Å²) in [6.07, 6.45) is 0. The second kappa shape index (κ2) is 3.62. The highest BCUT2D eigenvalue weighted by atomic mass is 127. The van der Waals surface area contributed by atoms with Gasteiger partial charge in [0.15, 0.2) is 0 Å². The highest BCUT2D eigenvalue weighted by molar-refractivity contribution is 14.1. The van der Waals surface area contributed by atoms with Gasteiger partial charge in [0, 0.05) is 3.42 Å². The second-order valence-electron chi connectivity index (χ2n) is 4.13. The number of anilines is 4. The number of hydrogen-bond acceptors (Lipinski definition) is 4. The van der Waals surface area contributed by atoms with Gasteiger partial charge in [0.2, 0.25) is 0 Å². The lowest BCUT2D eigenvalue weighted by atomic mass is 9.93. The SMILES string of the molecule is Cc1c(N)c(N)c(N)c(N)c1C(C)(C)I. The highest BCUT2D eigenvalue weighted by Crippen LogP contribution is 2.44. The summed E-state index contributed by atoms with van der Waals surface area (Å²) in [6.45, 7) is 6.03. The summed E-state index contributed by atoms with van der Waals surface area (Å²) >= 11 is 2.31. The lowest BCUT2D eigenvalue weighted by Crippen LogP contribution is -2.17. The maximum atomic E-state index is 5.97. The van der Waals surface area contributed by atoms with Crippen molar-refractivity contribution in [3.63, 3.8) is 0 Å². The molecule has 0 heterocycles. The number of halogens is 1. The molecule has 0 saturated carbocycles. The van der Waals surface area contributed by atoms with Crippen molar-refractivity contribution in [3.05, 3.63) is 11.1 Å². The van der Waals surface area contributed by atoms with E-state index in [9.17, 15) is 0 Å². The van der Waals surface area contributed by atoms with E-state index >= 15 is 0 Å². The Labute approximate surface area is 104 Å². The molecule has 0 radical (unpaired) electrons. The van der Waals surface area contributed by atoms with Crippen LogP contribution in [0.3, 0.4) is 0 Å². The van der Waals surface area contributed by atoms with Crippen molar-refractivity contribution >= 4 is 45.3 Å². The summed E-state index contributed by atoms with van der Waals surface area (Å²) in [6, 6.07) is 0. The molecule has 1 aromatic carbocycles. The van der Waals surface area contributed by atoms with Crippen LogP contribution in [0.4, 0.5) is 22.7 Å². The second-order valence-corrected chi connectivity index (χ2v) is 6.82. The highest BCUT2D eigenvalue weighted by Gasteiger charge is 2.25. The first-order valence-corrected chi connectivity index (χ1v) is 5.67. The third-order valence-electron chi connectivity index (χ3n) is 2.51. The fourth-order valence-electron chi connectivity index (χ4n) is 1.73. The van der Waals surface area contributed by atoms with E-state index in [-0.39, 0.29) is 3.42 Å². The topological polar surface area (TPSA) is 104 Å². The van der Waals surface area contributed by atoms with Crippen LogP contribution in [0.5, 0.6) is 0 Å². The standard InChI is InChI=1S/C10H17IN4/c1-4-5(10(2,3)11)7(13)9(15)8(14)6(4)12/h12-15H2,1-3H3. The van der Waals surface area contributed by atoms with Crippen LogP contribution in [0.15, 0.2) is 0 Å². The first-order valence-electron chi connectivity index (χ1n) is 4.59. The van der Waals surface area contributed by atoms with Gasteiger partial charge in [-0.25, -0.2) is 0 Å². The van der Waals surface area contributed by atoms with Gasteiger partial charge in [0.05, 0.1) is 22.7 Å². The smallest absolute Gasteiger partial charge is 0.0806 e. The first kappa shape index (κ1) is 12.2. The fraction of sp³-hybridized carbons (Fsp3) is 0.400. The zero-order valence-electron chi connectivity index (χ0n) is 9.19. The maximum absolute atomic E-state index is 5.97. The Kier molecular flexibility index (Phi) is 2.95. The predicted octanol–water partition coefficient (Wildman–Crippen LogP) is 1.99. The molecule has 0 amide bonds. The Balaban J connectivity index is 3.68. The largest absolute Gasteiger partial charge is 0.397 e. The van der Waals surface area contributed by atoms with Crippen LogP contribution in [0.1, 0.15) is 25.0 Å². The van der Waals surface area contributed by atoms with Gasteiger partial charge in [-0.1, -0.05) is 22.6 Å². The Hall–Kier alpha value is -0.850. The van der Waals surface area contributed by atoms with Gasteiger partial charge in [0.1, 0.15) is 0 Å². The van der Waals surface area contributed by atoms with E-state index in [0.29, 0.717) is 22.7 Å². The number of hydrogen-bond donors (Lipinski definition) is 4. The molecule has 0 saturated heterocycles. The molecule has 8 N–H and O–H groups in total. The monoisotopic (exact) mass is 320 g/mol. The van der Waals surface area contributed by atoms with Crippen LogP contribution >= 0.6 is 22.6 Å². The van der Waals surface area contributed by atoms with Crippen molar-refractivity contribution in [1.82, 2.24) is 0 Å². The molecule has 1 aromatic rings. The molecule has 5 heteroatoms. The van der Waals surface area contributed by atoms with Crippen molar-refractivity contribution in [3.8, 4) is 0 Å². The molecule has 0 aliphatic rings. The lowest BCUT2D eigenvalue weighted by molar-refractivity contribution is 0.822. The minimum absolute atomic E-state index is 0.123. The number of nitrogen functional groups attached to an aromatic ring is 4. The summed E-state index contributed by atoms with van der Waals surface area (Å²) in [7, 11) is 0. The average molecular weight is 320 g/mol. The van der Waals surface area contributed by atoms with E-state index in [1.807, 2.05) is 6.92 Å². The van der Waals surface area contributed by atoms with Crippen LogP contribution in [0.25, 0.3) is 0 Å². The number of nitrogens with two attached hydrogens (primary N) is 4. The van der Waals surface area contributed by atoms with E-state index in [2.05, 4.69) is 36.4 Å². The minimum Gasteiger partial charge on any atom is -0.397 e. The molecular formula is C10H17IN4. The predicted molar refractivity (Wildman–Crippen MR) is 75.9 cm³/mol. The van der Waals surface area contributed by atoms with Gasteiger partial charge >= 0.3 is 0 Å². The molecule has 4 nitrogen and oxygen atoms in total. The Morgan fingerprint density at radius 1 is 0.867 bits per heavy atom. The molecule has 15 heavy (non-hydrogen) atoms. The Morgan fingerprint density at radius 3 is 1.67 bits per heavy atom. The summed E-state index contributed by atoms with van der Waals surface area (Å²) in [5.41, 5.74) is 27.2. The maximum Gasteiger partial charge on any atom is 0.0806 e. The van der Waals surface area contributed by atoms with E-state index in [4.69, 9.17) is 22.9 Å². The molecule has 0 fully saturated rings. The summed E-state index contributed by atoms with van der Waals surface area (Å²) < 4.78 is -0.123. The first-order chi connectivity index (χ1) is 6.68. The fourth-order valence-corrected chi connectivity index (χ4v) is 2.42. The molecule has 0 bridgehead atoms. The van der Waals surface area contributed by atoms with E-state index in [0.717, 1.165) is 11.1 Å². The van der Waals surface area contributed by atoms with Gasteiger partial charge in [-0.05, 0) is 31.9 Å². The van der Waals surface area contributed by atoms with Crippen molar-refractivity contribution in [1.29, 1.82) is 0 Å². The molecule has 1 rings (SSSR count). The third-order valence-corrected chi connectivity index (χ3v) is 3.05. The molecule has 0 atom stereocenters. The number of rotatable bonds is 1. The quantitative estimate of drug-likeness (QED) is 0.361. The van der Waals surface area contributed by atoms with Gasteiger partial charge in [-0.2, -0.15) is 0 Å². The summed E-state index contributed by atoms with van der Waals surface area (Å²) in [5.74, 6) is 0. The van der Waals surface area contributed by atoms with Crippen LogP contribution in [0.2, 0.25) is 0 Å². The van der Waals surface area contributed by atoms with Crippen LogP contribution in [-0.2, 0) is 3.42 Å². The Morgan fingerprint density at radius 2 is 1.27 bits per heavy atom. The van der Waals surface area contributed by atoms with E-state index in [1.54, 1.807) is 0 Å². The molecular weight excluding hydrogens is 303 g/mol. The van der Waals surface area contributed by atoms with Crippen LogP contribution < -0.4 is 22.9 Å². The van der Waals surface area contributed by atoms with E-state index in [1.165, 1.54) is 0 Å². The van der Waals surface area contributed by atoms with Crippen molar-refractivity contribution in [2.75, 3.05) is 22.9 Å². The normalized spacial score (nSPS) is 11.7. The van der Waals surface area contributed by atoms with Crippen molar-refractivity contribution in [2.45, 2.75) is 24.2 Å². The number of alkyl halides is 1. The Bertz CT molecular complexity index is 378. The minimum atomic E-state index is -0.123. The molecule has 84 valence electrons. The molecule has 0 unspecified atom stereocenters. The van der Waals surface area contributed by atoms with Gasteiger partial charge in [0.25, 0.3) is 0 Å². The summed E-state index contributed by atoms with van der Waals surface area (Å²) in [4.78, 5) is 0. The molecule has 0 spiro atoms. The van der Waals surface area contributed by atoms with Gasteiger partial charge in [-0.15, -0.1) is 0 Å². The molecule has 0 aromatic heterocycles. The zero-order valence-corrected chi connectivity index (χ0v) is 11.3. The van der Waals surface area contributed by atoms with Crippen molar-refractivity contribution < 1.29 is 0 Å². The zero-order chi connectivity index (χ0) is 12.0. The molecule has 0 aliphatic carbocycles. The van der Waals surface area contributed by atoms with Crippen molar-refractivity contribution in [2.24, 2.45) is 0 Å². The lowest BCUT2D eigenvalue weighted by Gasteiger charge is -2.25. The average Bonchev–Trinajstić information content (AvgIpc) is 2.09. The third kappa shape index (κ3) is 1.92. The molecule has 0 aliphatic heterocycles. The van der Waals surface area contributed by atoms with Crippen LogP contribution in [0, 0.1) is 6.92 Å². The van der Waals surface area contributed by atoms with Gasteiger partial charge in [-0.3, -0.25) is 0 Å². The number of benzene rings is 1.